The fraction of sp³-hybridized carbons (Fsp3) is 0.529. The molecule has 1 aromatic carbocycles. The molecule has 2 rings (SSSR count). The first-order chi connectivity index (χ1) is 10.6. The van der Waals surface area contributed by atoms with Crippen molar-refractivity contribution in [2.45, 2.75) is 45.3 Å². The van der Waals surface area contributed by atoms with Crippen molar-refractivity contribution in [2.24, 2.45) is 5.92 Å². The highest BCUT2D eigenvalue weighted by Gasteiger charge is 2.17. The van der Waals surface area contributed by atoms with Crippen LogP contribution in [0.4, 0.5) is 4.79 Å². The zero-order valence-electron chi connectivity index (χ0n) is 12.9. The highest BCUT2D eigenvalue weighted by molar-refractivity contribution is 5.89. The van der Waals surface area contributed by atoms with E-state index in [1.165, 1.54) is 26.2 Å². The smallest absolute Gasteiger partial charge is 0.410 e. The van der Waals surface area contributed by atoms with Gasteiger partial charge in [0.25, 0.3) is 0 Å². The monoisotopic (exact) mass is 305 g/mol. The van der Waals surface area contributed by atoms with Crippen LogP contribution in [-0.4, -0.2) is 24.9 Å². The number of amides is 1. The van der Waals surface area contributed by atoms with Crippen LogP contribution in [0.25, 0.3) is 0 Å². The van der Waals surface area contributed by atoms with Crippen LogP contribution in [0.3, 0.4) is 0 Å². The molecule has 1 aliphatic carbocycles. The van der Waals surface area contributed by atoms with Gasteiger partial charge in [-0.25, -0.2) is 9.59 Å². The molecule has 0 spiro atoms. The predicted octanol–water partition coefficient (Wildman–Crippen LogP) is 3.50. The average molecular weight is 305 g/mol. The van der Waals surface area contributed by atoms with Crippen molar-refractivity contribution in [2.75, 3.05) is 6.54 Å². The number of esters is 1. The summed E-state index contributed by atoms with van der Waals surface area (Å²) in [5.41, 5.74) is 0.431. The van der Waals surface area contributed by atoms with Crippen LogP contribution in [0, 0.1) is 5.92 Å². The van der Waals surface area contributed by atoms with Crippen molar-refractivity contribution in [3.8, 4) is 0 Å². The molecule has 1 unspecified atom stereocenters. The van der Waals surface area contributed by atoms with E-state index in [1.54, 1.807) is 24.3 Å². The lowest BCUT2D eigenvalue weighted by molar-refractivity contribution is -0.0602. The predicted molar refractivity (Wildman–Crippen MR) is 82.4 cm³/mol. The molecule has 1 aromatic rings. The quantitative estimate of drug-likeness (QED) is 0.668. The van der Waals surface area contributed by atoms with Crippen molar-refractivity contribution in [3.63, 3.8) is 0 Å². The molecule has 1 aliphatic rings. The highest BCUT2D eigenvalue weighted by atomic mass is 16.7. The van der Waals surface area contributed by atoms with Crippen LogP contribution in [-0.2, 0) is 9.47 Å². The van der Waals surface area contributed by atoms with Crippen molar-refractivity contribution in [1.82, 2.24) is 5.32 Å². The third-order valence-corrected chi connectivity index (χ3v) is 3.82. The number of carbonyl (C=O) groups is 2. The minimum Gasteiger partial charge on any atom is -0.422 e. The van der Waals surface area contributed by atoms with Gasteiger partial charge in [-0.2, -0.15) is 0 Å². The Hall–Kier alpha value is -2.04. The Morgan fingerprint density at radius 1 is 1.14 bits per heavy atom. The Bertz CT molecular complexity index is 483. The minimum absolute atomic E-state index is 0.431. The Morgan fingerprint density at radius 2 is 1.82 bits per heavy atom. The number of hydrogen-bond donors (Lipinski definition) is 1. The molecule has 1 fully saturated rings. The average Bonchev–Trinajstić information content (AvgIpc) is 2.54. The van der Waals surface area contributed by atoms with E-state index in [4.69, 9.17) is 9.47 Å². The van der Waals surface area contributed by atoms with Gasteiger partial charge in [0.15, 0.2) is 0 Å². The molecule has 1 atom stereocenters. The van der Waals surface area contributed by atoms with E-state index in [0.717, 1.165) is 12.8 Å². The Kier molecular flexibility index (Phi) is 6.25. The molecule has 1 N–H and O–H groups in total. The summed E-state index contributed by atoms with van der Waals surface area (Å²) in [6, 6.07) is 8.61. The van der Waals surface area contributed by atoms with Crippen LogP contribution < -0.4 is 5.32 Å². The molecule has 0 aliphatic heterocycles. The maximum Gasteiger partial charge on any atom is 0.410 e. The van der Waals surface area contributed by atoms with Crippen molar-refractivity contribution in [1.29, 1.82) is 0 Å². The lowest BCUT2D eigenvalue weighted by Gasteiger charge is -2.22. The van der Waals surface area contributed by atoms with Gasteiger partial charge in [0.2, 0.25) is 6.29 Å². The van der Waals surface area contributed by atoms with Gasteiger partial charge in [-0.15, -0.1) is 0 Å². The minimum atomic E-state index is -0.918. The van der Waals surface area contributed by atoms with Gasteiger partial charge in [-0.05, 0) is 30.9 Å². The molecule has 0 heterocycles. The molecule has 22 heavy (non-hydrogen) atoms. The molecule has 5 heteroatoms. The number of alkyl carbamates (subject to hydrolysis) is 1. The second kappa shape index (κ2) is 8.41. The third kappa shape index (κ3) is 5.39. The summed E-state index contributed by atoms with van der Waals surface area (Å²) in [6.07, 6.45) is 4.59. The molecule has 0 aromatic heterocycles. The first-order valence-corrected chi connectivity index (χ1v) is 7.85. The first-order valence-electron chi connectivity index (χ1n) is 7.85. The lowest BCUT2D eigenvalue weighted by Crippen LogP contribution is -2.34. The number of carbonyl (C=O) groups excluding carboxylic acids is 2. The number of benzene rings is 1. The van der Waals surface area contributed by atoms with E-state index in [9.17, 15) is 9.59 Å². The van der Waals surface area contributed by atoms with E-state index in [2.05, 4.69) is 5.32 Å². The fourth-order valence-electron chi connectivity index (χ4n) is 2.63. The van der Waals surface area contributed by atoms with Gasteiger partial charge in [-0.3, -0.25) is 0 Å². The summed E-state index contributed by atoms with van der Waals surface area (Å²) < 4.78 is 10.1. The van der Waals surface area contributed by atoms with Crippen molar-refractivity contribution in [3.05, 3.63) is 35.9 Å². The molecular formula is C17H23NO4. The van der Waals surface area contributed by atoms with Gasteiger partial charge in [0.1, 0.15) is 0 Å². The summed E-state index contributed by atoms with van der Waals surface area (Å²) in [5.74, 6) is 0.0247. The second-order valence-corrected chi connectivity index (χ2v) is 5.63. The normalized spacial score (nSPS) is 16.6. The third-order valence-electron chi connectivity index (χ3n) is 3.82. The topological polar surface area (TPSA) is 64.6 Å². The van der Waals surface area contributed by atoms with Crippen molar-refractivity contribution >= 4 is 12.1 Å². The lowest BCUT2D eigenvalue weighted by atomic mass is 9.89. The number of nitrogens with one attached hydrogen (secondary N) is 1. The summed E-state index contributed by atoms with van der Waals surface area (Å²) >= 11 is 0. The Balaban J connectivity index is 1.68. The number of ether oxygens (including phenoxy) is 2. The Labute approximate surface area is 131 Å². The van der Waals surface area contributed by atoms with E-state index in [-0.39, 0.29) is 0 Å². The van der Waals surface area contributed by atoms with E-state index >= 15 is 0 Å². The van der Waals surface area contributed by atoms with Gasteiger partial charge < -0.3 is 14.8 Å². The van der Waals surface area contributed by atoms with Crippen molar-refractivity contribution < 1.29 is 19.1 Å². The van der Waals surface area contributed by atoms with Gasteiger partial charge in [0, 0.05) is 13.5 Å². The summed E-state index contributed by atoms with van der Waals surface area (Å²) in [6.45, 7) is 2.15. The molecule has 120 valence electrons. The van der Waals surface area contributed by atoms with Crippen LogP contribution in [0.1, 0.15) is 49.4 Å². The summed E-state index contributed by atoms with van der Waals surface area (Å²) in [7, 11) is 0. The zero-order valence-corrected chi connectivity index (χ0v) is 12.9. The summed E-state index contributed by atoms with van der Waals surface area (Å²) in [4.78, 5) is 23.5. The first kappa shape index (κ1) is 16.3. The maximum atomic E-state index is 11.8. The van der Waals surface area contributed by atoms with Crippen LogP contribution in [0.2, 0.25) is 0 Å². The van der Waals surface area contributed by atoms with Gasteiger partial charge in [-0.1, -0.05) is 37.5 Å². The van der Waals surface area contributed by atoms with Crippen LogP contribution in [0.5, 0.6) is 0 Å². The highest BCUT2D eigenvalue weighted by Crippen LogP contribution is 2.22. The standard InChI is InChI=1S/C17H23NO4/c1-13(21-16(19)15-10-6-3-7-11-15)22-17(20)18-12-14-8-4-2-5-9-14/h3,6-7,10-11,13-14H,2,4-5,8-9,12H2,1H3,(H,18,20). The van der Waals surface area contributed by atoms with E-state index < -0.39 is 18.4 Å². The largest absolute Gasteiger partial charge is 0.422 e. The van der Waals surface area contributed by atoms with Gasteiger partial charge >= 0.3 is 12.1 Å². The molecule has 0 saturated heterocycles. The van der Waals surface area contributed by atoms with Crippen LogP contribution >= 0.6 is 0 Å². The number of rotatable bonds is 5. The zero-order chi connectivity index (χ0) is 15.8. The summed E-state index contributed by atoms with van der Waals surface area (Å²) in [5, 5.41) is 2.74. The molecule has 5 nitrogen and oxygen atoms in total. The van der Waals surface area contributed by atoms with Crippen LogP contribution in [0.15, 0.2) is 30.3 Å². The molecular weight excluding hydrogens is 282 g/mol. The molecule has 1 saturated carbocycles. The van der Waals surface area contributed by atoms with Gasteiger partial charge in [0.05, 0.1) is 5.56 Å². The fourth-order valence-corrected chi connectivity index (χ4v) is 2.63. The SMILES string of the molecule is CC(OC(=O)NCC1CCCCC1)OC(=O)c1ccccc1. The number of hydrogen-bond acceptors (Lipinski definition) is 4. The molecule has 0 radical (unpaired) electrons. The molecule has 1 amide bonds. The maximum absolute atomic E-state index is 11.8. The van der Waals surface area contributed by atoms with E-state index in [0.29, 0.717) is 18.0 Å². The Morgan fingerprint density at radius 3 is 2.50 bits per heavy atom. The second-order valence-electron chi connectivity index (χ2n) is 5.63. The van der Waals surface area contributed by atoms with E-state index in [1.807, 2.05) is 6.07 Å². The molecule has 0 bridgehead atoms.